The molecule has 0 amide bonds. The molecular weight excluding hydrogens is 366 g/mol. The average Bonchev–Trinajstić information content (AvgIpc) is 3.14. The molecule has 140 valence electrons. The third-order valence-corrected chi connectivity index (χ3v) is 7.51. The highest BCUT2D eigenvalue weighted by Gasteiger charge is 2.16. The van der Waals surface area contributed by atoms with Crippen molar-refractivity contribution in [3.63, 3.8) is 0 Å². The van der Waals surface area contributed by atoms with E-state index in [1.165, 1.54) is 42.6 Å². The molecule has 0 fully saturated rings. The Morgan fingerprint density at radius 3 is 2.73 bits per heavy atom. The van der Waals surface area contributed by atoms with Crippen molar-refractivity contribution in [3.05, 3.63) is 47.0 Å². The number of hydrogen-bond donors (Lipinski definition) is 2. The van der Waals surface area contributed by atoms with Crippen molar-refractivity contribution >= 4 is 32.9 Å². The van der Waals surface area contributed by atoms with Crippen LogP contribution in [0.3, 0.4) is 0 Å². The lowest BCUT2D eigenvalue weighted by molar-refractivity contribution is 0.603. The van der Waals surface area contributed by atoms with E-state index in [0.29, 0.717) is 9.90 Å². The highest BCUT2D eigenvalue weighted by atomic mass is 32.2. The Balaban J connectivity index is 1.54. The fourth-order valence-corrected chi connectivity index (χ4v) is 5.28. The molecule has 5 nitrogen and oxygen atoms in total. The van der Waals surface area contributed by atoms with Crippen LogP contribution in [0.1, 0.15) is 43.9 Å². The first-order valence-electron chi connectivity index (χ1n) is 9.06. The number of nitrogens with one attached hydrogen (secondary N) is 2. The van der Waals surface area contributed by atoms with Crippen molar-refractivity contribution in [1.82, 2.24) is 4.98 Å². The van der Waals surface area contributed by atoms with Gasteiger partial charge in [0.2, 0.25) is 0 Å². The number of rotatable bonds is 8. The van der Waals surface area contributed by atoms with Gasteiger partial charge >= 0.3 is 0 Å². The molecule has 0 aromatic carbocycles. The Bertz CT molecular complexity index is 855. The van der Waals surface area contributed by atoms with Gasteiger partial charge in [0.15, 0.2) is 0 Å². The largest absolute Gasteiger partial charge is 0.370 e. The van der Waals surface area contributed by atoms with E-state index in [9.17, 15) is 8.42 Å². The van der Waals surface area contributed by atoms with Gasteiger partial charge in [-0.05, 0) is 62.8 Å². The van der Waals surface area contributed by atoms with Crippen LogP contribution in [0, 0.1) is 0 Å². The predicted molar refractivity (Wildman–Crippen MR) is 108 cm³/mol. The van der Waals surface area contributed by atoms with Crippen LogP contribution >= 0.6 is 11.3 Å². The molecule has 0 spiro atoms. The topological polar surface area (TPSA) is 71.1 Å². The van der Waals surface area contributed by atoms with Crippen LogP contribution in [0.2, 0.25) is 0 Å². The number of nitrogens with zero attached hydrogens (tertiary/aromatic N) is 1. The lowest BCUT2D eigenvalue weighted by atomic mass is 9.97. The first kappa shape index (κ1) is 18.9. The Morgan fingerprint density at radius 2 is 2.08 bits per heavy atom. The Morgan fingerprint density at radius 1 is 1.19 bits per heavy atom. The molecule has 3 rings (SSSR count). The highest BCUT2D eigenvalue weighted by molar-refractivity contribution is 7.94. The monoisotopic (exact) mass is 391 g/mol. The molecule has 2 aromatic rings. The molecular formula is C19H25N3O2S2. The van der Waals surface area contributed by atoms with Crippen molar-refractivity contribution in [3.8, 4) is 0 Å². The van der Waals surface area contributed by atoms with Crippen LogP contribution in [-0.4, -0.2) is 19.9 Å². The van der Waals surface area contributed by atoms with E-state index in [-0.39, 0.29) is 0 Å². The summed E-state index contributed by atoms with van der Waals surface area (Å²) in [6, 6.07) is 7.04. The van der Waals surface area contributed by atoms with Crippen LogP contribution in [-0.2, 0) is 16.4 Å². The molecule has 0 bridgehead atoms. The fraction of sp³-hybridized carbons (Fsp3) is 0.421. The smallest absolute Gasteiger partial charge is 0.271 e. The van der Waals surface area contributed by atoms with Gasteiger partial charge in [-0.3, -0.25) is 4.72 Å². The van der Waals surface area contributed by atoms with Gasteiger partial charge in [-0.2, -0.15) is 0 Å². The van der Waals surface area contributed by atoms with E-state index < -0.39 is 10.0 Å². The van der Waals surface area contributed by atoms with Crippen molar-refractivity contribution in [1.29, 1.82) is 0 Å². The quantitative estimate of drug-likeness (QED) is 0.634. The summed E-state index contributed by atoms with van der Waals surface area (Å²) in [5.41, 5.74) is 1.99. The maximum atomic E-state index is 12.4. The SMILES string of the molecule is CCc1ccc(S(=O)(=O)Nc2ccc(NCCC3=CCCCC3)nc2)s1. The summed E-state index contributed by atoms with van der Waals surface area (Å²) in [5.74, 6) is 0.758. The summed E-state index contributed by atoms with van der Waals surface area (Å²) >= 11 is 1.30. The lowest BCUT2D eigenvalue weighted by Crippen LogP contribution is -2.12. The van der Waals surface area contributed by atoms with Gasteiger partial charge in [-0.25, -0.2) is 13.4 Å². The maximum Gasteiger partial charge on any atom is 0.271 e. The molecule has 0 radical (unpaired) electrons. The lowest BCUT2D eigenvalue weighted by Gasteiger charge is -2.13. The standard InChI is InChI=1S/C19H25N3O2S2/c1-2-17-9-11-19(25-17)26(23,24)22-16-8-10-18(21-14-16)20-13-12-15-6-4-3-5-7-15/h6,8-11,14,22H,2-5,7,12-13H2,1H3,(H,20,21). The highest BCUT2D eigenvalue weighted by Crippen LogP contribution is 2.24. The van der Waals surface area contributed by atoms with Gasteiger partial charge in [0.1, 0.15) is 10.0 Å². The summed E-state index contributed by atoms with van der Waals surface area (Å²) < 4.78 is 27.7. The molecule has 7 heteroatoms. The van der Waals surface area contributed by atoms with Gasteiger partial charge in [0.05, 0.1) is 11.9 Å². The van der Waals surface area contributed by atoms with E-state index in [1.807, 2.05) is 13.0 Å². The second-order valence-corrected chi connectivity index (χ2v) is 9.47. The second kappa shape index (κ2) is 8.68. The molecule has 2 heterocycles. The van der Waals surface area contributed by atoms with Crippen LogP contribution in [0.5, 0.6) is 0 Å². The zero-order valence-corrected chi connectivity index (χ0v) is 16.6. The number of pyridine rings is 1. The summed E-state index contributed by atoms with van der Waals surface area (Å²) in [6.07, 6.45) is 10.8. The van der Waals surface area contributed by atoms with Crippen LogP contribution in [0.15, 0.2) is 46.3 Å². The normalized spacial score (nSPS) is 14.7. The van der Waals surface area contributed by atoms with Crippen LogP contribution in [0.4, 0.5) is 11.5 Å². The summed E-state index contributed by atoms with van der Waals surface area (Å²) in [5, 5.41) is 3.30. The minimum atomic E-state index is -3.55. The molecule has 2 N–H and O–H groups in total. The third-order valence-electron chi connectivity index (χ3n) is 4.40. The Kier molecular flexibility index (Phi) is 6.32. The molecule has 1 aliphatic carbocycles. The summed E-state index contributed by atoms with van der Waals surface area (Å²) in [6.45, 7) is 2.86. The summed E-state index contributed by atoms with van der Waals surface area (Å²) in [4.78, 5) is 5.36. The van der Waals surface area contributed by atoms with Crippen LogP contribution < -0.4 is 10.0 Å². The fourth-order valence-electron chi connectivity index (χ4n) is 2.94. The molecule has 26 heavy (non-hydrogen) atoms. The predicted octanol–water partition coefficient (Wildman–Crippen LogP) is 4.81. The zero-order chi connectivity index (χ0) is 18.4. The maximum absolute atomic E-state index is 12.4. The number of allylic oxidation sites excluding steroid dienone is 1. The number of sulfonamides is 1. The van der Waals surface area contributed by atoms with Crippen molar-refractivity contribution in [2.75, 3.05) is 16.6 Å². The van der Waals surface area contributed by atoms with Crippen molar-refractivity contribution in [2.24, 2.45) is 0 Å². The van der Waals surface area contributed by atoms with E-state index in [0.717, 1.165) is 30.1 Å². The zero-order valence-electron chi connectivity index (χ0n) is 15.0. The van der Waals surface area contributed by atoms with E-state index in [4.69, 9.17) is 0 Å². The van der Waals surface area contributed by atoms with E-state index in [1.54, 1.807) is 24.4 Å². The second-order valence-electron chi connectivity index (χ2n) is 6.40. The van der Waals surface area contributed by atoms with Gasteiger partial charge in [-0.15, -0.1) is 11.3 Å². The first-order valence-corrected chi connectivity index (χ1v) is 11.4. The Labute approximate surface area is 159 Å². The molecule has 2 aromatic heterocycles. The number of hydrogen-bond acceptors (Lipinski definition) is 5. The van der Waals surface area contributed by atoms with Gasteiger partial charge in [0, 0.05) is 11.4 Å². The molecule has 0 unspecified atom stereocenters. The summed E-state index contributed by atoms with van der Waals surface area (Å²) in [7, 11) is -3.55. The average molecular weight is 392 g/mol. The minimum Gasteiger partial charge on any atom is -0.370 e. The van der Waals surface area contributed by atoms with E-state index in [2.05, 4.69) is 21.1 Å². The number of thiophene rings is 1. The molecule has 0 atom stereocenters. The Hall–Kier alpha value is -1.86. The van der Waals surface area contributed by atoms with Gasteiger partial charge in [-0.1, -0.05) is 18.6 Å². The first-order chi connectivity index (χ1) is 12.6. The number of anilines is 2. The van der Waals surface area contributed by atoms with Crippen molar-refractivity contribution < 1.29 is 8.42 Å². The molecule has 0 saturated heterocycles. The van der Waals surface area contributed by atoms with Crippen LogP contribution in [0.25, 0.3) is 0 Å². The number of aromatic nitrogens is 1. The van der Waals surface area contributed by atoms with Gasteiger partial charge < -0.3 is 5.32 Å². The molecule has 1 aliphatic rings. The van der Waals surface area contributed by atoms with E-state index >= 15 is 0 Å². The number of aryl methyl sites for hydroxylation is 1. The minimum absolute atomic E-state index is 0.331. The van der Waals surface area contributed by atoms with Gasteiger partial charge in [0.25, 0.3) is 10.0 Å². The molecule has 0 saturated carbocycles. The molecule has 0 aliphatic heterocycles. The van der Waals surface area contributed by atoms with Crippen molar-refractivity contribution in [2.45, 2.75) is 49.7 Å². The third kappa shape index (κ3) is 5.08.